The number of carbonyl (C=O) groups is 1. The van der Waals surface area contributed by atoms with Crippen molar-refractivity contribution in [2.24, 2.45) is 0 Å². The minimum absolute atomic E-state index is 0.0983. The molecular formula is C23H24N2O2S. The number of benzene rings is 2. The molecule has 1 unspecified atom stereocenters. The maximum Gasteiger partial charge on any atom is 0.258 e. The van der Waals surface area contributed by atoms with Crippen LogP contribution in [-0.2, 0) is 0 Å². The van der Waals surface area contributed by atoms with Crippen LogP contribution in [0.4, 0.5) is 0 Å². The summed E-state index contributed by atoms with van der Waals surface area (Å²) in [4.78, 5) is 17.6. The zero-order valence-corrected chi connectivity index (χ0v) is 17.0. The predicted molar refractivity (Wildman–Crippen MR) is 114 cm³/mol. The first kappa shape index (κ1) is 17.7. The van der Waals surface area contributed by atoms with E-state index in [4.69, 9.17) is 4.74 Å². The smallest absolute Gasteiger partial charge is 0.258 e. The molecular weight excluding hydrogens is 368 g/mol. The molecule has 5 heteroatoms. The van der Waals surface area contributed by atoms with Crippen LogP contribution in [0.2, 0.25) is 0 Å². The number of hydrogen-bond acceptors (Lipinski definition) is 4. The molecule has 3 heterocycles. The van der Waals surface area contributed by atoms with Gasteiger partial charge in [0.25, 0.3) is 5.91 Å². The number of ether oxygens (including phenoxy) is 1. The number of rotatable bonds is 2. The second-order valence-electron chi connectivity index (χ2n) is 7.90. The maximum absolute atomic E-state index is 13.2. The Morgan fingerprint density at radius 2 is 2.00 bits per heavy atom. The molecule has 1 aromatic heterocycles. The third-order valence-electron chi connectivity index (χ3n) is 5.96. The summed E-state index contributed by atoms with van der Waals surface area (Å²) in [6, 6.07) is 15.2. The van der Waals surface area contributed by atoms with E-state index in [0.29, 0.717) is 24.0 Å². The Hall–Kier alpha value is -2.37. The van der Waals surface area contributed by atoms with Crippen molar-refractivity contribution < 1.29 is 9.53 Å². The van der Waals surface area contributed by atoms with E-state index in [0.717, 1.165) is 25.2 Å². The number of piperazine rings is 1. The van der Waals surface area contributed by atoms with E-state index in [1.807, 2.05) is 17.0 Å². The average molecular weight is 393 g/mol. The van der Waals surface area contributed by atoms with Gasteiger partial charge in [0.15, 0.2) is 0 Å². The van der Waals surface area contributed by atoms with E-state index >= 15 is 0 Å². The quantitative estimate of drug-likeness (QED) is 0.644. The Kier molecular flexibility index (Phi) is 4.37. The second-order valence-corrected chi connectivity index (χ2v) is 8.85. The third kappa shape index (κ3) is 2.90. The molecule has 2 aliphatic rings. The van der Waals surface area contributed by atoms with Crippen LogP contribution in [0, 0.1) is 0 Å². The van der Waals surface area contributed by atoms with Crippen LogP contribution >= 0.6 is 11.3 Å². The van der Waals surface area contributed by atoms with Crippen molar-refractivity contribution >= 4 is 27.3 Å². The van der Waals surface area contributed by atoms with Crippen LogP contribution in [0.25, 0.3) is 21.2 Å². The Morgan fingerprint density at radius 3 is 2.86 bits per heavy atom. The van der Waals surface area contributed by atoms with Gasteiger partial charge >= 0.3 is 0 Å². The molecule has 0 bridgehead atoms. The molecule has 1 atom stereocenters. The van der Waals surface area contributed by atoms with Gasteiger partial charge in [-0.3, -0.25) is 9.69 Å². The topological polar surface area (TPSA) is 32.8 Å². The minimum atomic E-state index is 0.0983. The van der Waals surface area contributed by atoms with Crippen LogP contribution < -0.4 is 4.74 Å². The molecule has 1 fully saturated rings. The van der Waals surface area contributed by atoms with Crippen molar-refractivity contribution in [2.75, 3.05) is 26.2 Å². The van der Waals surface area contributed by atoms with E-state index < -0.39 is 0 Å². The van der Waals surface area contributed by atoms with Crippen molar-refractivity contribution in [3.8, 4) is 16.9 Å². The lowest BCUT2D eigenvalue weighted by Gasteiger charge is -2.41. The summed E-state index contributed by atoms with van der Waals surface area (Å²) in [5.74, 6) is 0.807. The van der Waals surface area contributed by atoms with Gasteiger partial charge in [0.05, 0.1) is 11.6 Å². The monoisotopic (exact) mass is 392 g/mol. The van der Waals surface area contributed by atoms with E-state index in [1.165, 1.54) is 15.6 Å². The molecule has 5 rings (SSSR count). The average Bonchev–Trinajstić information content (AvgIpc) is 3.15. The van der Waals surface area contributed by atoms with E-state index in [1.54, 1.807) is 11.3 Å². The number of nitrogens with zero attached hydrogens (tertiary/aromatic N) is 2. The second kappa shape index (κ2) is 6.90. The number of carbonyl (C=O) groups excluding carboxylic acids is 1. The Balaban J connectivity index is 1.50. The summed E-state index contributed by atoms with van der Waals surface area (Å²) in [7, 11) is 0. The van der Waals surface area contributed by atoms with Gasteiger partial charge in [0.1, 0.15) is 12.4 Å². The van der Waals surface area contributed by atoms with Gasteiger partial charge in [-0.05, 0) is 54.6 Å². The highest BCUT2D eigenvalue weighted by Crippen LogP contribution is 2.36. The van der Waals surface area contributed by atoms with Gasteiger partial charge in [-0.15, -0.1) is 11.3 Å². The first-order valence-electron chi connectivity index (χ1n) is 9.90. The summed E-state index contributed by atoms with van der Waals surface area (Å²) in [5.41, 5.74) is 2.96. The largest absolute Gasteiger partial charge is 0.491 e. The molecule has 2 aromatic carbocycles. The van der Waals surface area contributed by atoms with Gasteiger partial charge in [-0.2, -0.15) is 0 Å². The normalized spacial score (nSPS) is 20.0. The van der Waals surface area contributed by atoms with E-state index in [9.17, 15) is 4.79 Å². The van der Waals surface area contributed by atoms with Crippen LogP contribution in [0.5, 0.6) is 5.75 Å². The Morgan fingerprint density at radius 1 is 1.11 bits per heavy atom. The summed E-state index contributed by atoms with van der Waals surface area (Å²) in [6.45, 7) is 7.53. The zero-order valence-electron chi connectivity index (χ0n) is 16.2. The van der Waals surface area contributed by atoms with Crippen molar-refractivity contribution in [1.29, 1.82) is 0 Å². The van der Waals surface area contributed by atoms with Gasteiger partial charge in [0.2, 0.25) is 0 Å². The van der Waals surface area contributed by atoms with Gasteiger partial charge in [-0.1, -0.05) is 18.2 Å². The van der Waals surface area contributed by atoms with Gasteiger partial charge in [-0.25, -0.2) is 0 Å². The summed E-state index contributed by atoms with van der Waals surface area (Å²) >= 11 is 1.75. The Labute approximate surface area is 169 Å². The molecule has 144 valence electrons. The van der Waals surface area contributed by atoms with E-state index in [2.05, 4.69) is 54.5 Å². The van der Waals surface area contributed by atoms with Crippen molar-refractivity contribution in [2.45, 2.75) is 25.9 Å². The van der Waals surface area contributed by atoms with Crippen LogP contribution in [0.3, 0.4) is 0 Å². The fourth-order valence-electron chi connectivity index (χ4n) is 4.33. The van der Waals surface area contributed by atoms with Gasteiger partial charge < -0.3 is 9.64 Å². The predicted octanol–water partition coefficient (Wildman–Crippen LogP) is 4.50. The minimum Gasteiger partial charge on any atom is -0.491 e. The van der Waals surface area contributed by atoms with E-state index in [-0.39, 0.29) is 11.9 Å². The molecule has 0 aliphatic carbocycles. The number of thiophene rings is 1. The number of hydrogen-bond donors (Lipinski definition) is 0. The fourth-order valence-corrected chi connectivity index (χ4v) is 5.14. The molecule has 3 aromatic rings. The first-order valence-corrected chi connectivity index (χ1v) is 10.8. The summed E-state index contributed by atoms with van der Waals surface area (Å²) in [5, 5.41) is 3.37. The highest BCUT2D eigenvalue weighted by molar-refractivity contribution is 7.17. The summed E-state index contributed by atoms with van der Waals surface area (Å²) in [6.07, 6.45) is 0. The molecule has 0 saturated carbocycles. The first-order chi connectivity index (χ1) is 13.6. The molecule has 0 N–H and O–H groups in total. The zero-order chi connectivity index (χ0) is 19.3. The van der Waals surface area contributed by atoms with Gasteiger partial charge in [0, 0.05) is 35.8 Å². The molecule has 0 spiro atoms. The van der Waals surface area contributed by atoms with Crippen molar-refractivity contribution in [3.05, 3.63) is 53.4 Å². The number of amides is 1. The lowest BCUT2D eigenvalue weighted by molar-refractivity contribution is 0.0311. The van der Waals surface area contributed by atoms with Crippen LogP contribution in [0.15, 0.2) is 47.8 Å². The van der Waals surface area contributed by atoms with Crippen LogP contribution in [0.1, 0.15) is 24.2 Å². The molecule has 4 nitrogen and oxygen atoms in total. The third-order valence-corrected chi connectivity index (χ3v) is 6.84. The molecule has 2 aliphatic heterocycles. The lowest BCUT2D eigenvalue weighted by Crippen LogP contribution is -2.57. The maximum atomic E-state index is 13.2. The van der Waals surface area contributed by atoms with Crippen molar-refractivity contribution in [1.82, 2.24) is 9.80 Å². The number of fused-ring (bicyclic) bond motifs is 3. The standard InChI is InChI=1S/C23H24N2O2S/c1-15(2)24-9-10-25-17(13-24)14-27-21-12-16(6-7-20(21)23(25)26)18-4-3-5-22-19(18)8-11-28-22/h3-8,11-12,15,17H,9-10,13-14H2,1-2H3. The van der Waals surface area contributed by atoms with Crippen molar-refractivity contribution in [3.63, 3.8) is 0 Å². The SMILES string of the molecule is CC(C)N1CCN2C(=O)c3ccc(-c4cccc5sccc45)cc3OCC2C1. The Bertz CT molecular complexity index is 1040. The molecule has 0 radical (unpaired) electrons. The lowest BCUT2D eigenvalue weighted by atomic mass is 9.99. The molecule has 1 amide bonds. The molecule has 28 heavy (non-hydrogen) atoms. The summed E-state index contributed by atoms with van der Waals surface area (Å²) < 4.78 is 7.46. The van der Waals surface area contributed by atoms with Crippen LogP contribution in [-0.4, -0.2) is 54.0 Å². The highest BCUT2D eigenvalue weighted by Gasteiger charge is 2.35. The highest BCUT2D eigenvalue weighted by atomic mass is 32.1. The fraction of sp³-hybridized carbons (Fsp3) is 0.348. The molecule has 1 saturated heterocycles.